The summed E-state index contributed by atoms with van der Waals surface area (Å²) in [5.41, 5.74) is 2.96. The van der Waals surface area contributed by atoms with Gasteiger partial charge in [-0.2, -0.15) is 0 Å². The molecule has 148 valence electrons. The number of aliphatic imine (C=N–C) groups is 1. The van der Waals surface area contributed by atoms with Crippen LogP contribution >= 0.6 is 0 Å². The zero-order valence-corrected chi connectivity index (χ0v) is 16.7. The van der Waals surface area contributed by atoms with Crippen LogP contribution in [-0.4, -0.2) is 56.5 Å². The van der Waals surface area contributed by atoms with Crippen molar-refractivity contribution in [2.75, 3.05) is 44.7 Å². The third-order valence-corrected chi connectivity index (χ3v) is 4.86. The number of hydrogen-bond acceptors (Lipinski definition) is 3. The van der Waals surface area contributed by atoms with Crippen LogP contribution in [0.3, 0.4) is 0 Å². The van der Waals surface area contributed by atoms with E-state index >= 15 is 0 Å². The third-order valence-electron chi connectivity index (χ3n) is 4.86. The van der Waals surface area contributed by atoms with E-state index in [1.165, 1.54) is 5.69 Å². The molecule has 0 atom stereocenters. The summed E-state index contributed by atoms with van der Waals surface area (Å²) in [6.45, 7) is 7.27. The maximum Gasteiger partial charge on any atom is 0.251 e. The van der Waals surface area contributed by atoms with Crippen molar-refractivity contribution in [3.8, 4) is 0 Å². The zero-order valence-electron chi connectivity index (χ0n) is 16.7. The highest BCUT2D eigenvalue weighted by atomic mass is 16.1. The summed E-state index contributed by atoms with van der Waals surface area (Å²) in [4.78, 5) is 21.4. The highest BCUT2D eigenvalue weighted by molar-refractivity contribution is 5.94. The Labute approximate surface area is 167 Å². The lowest BCUT2D eigenvalue weighted by Gasteiger charge is -2.37. The molecule has 3 rings (SSSR count). The highest BCUT2D eigenvalue weighted by Gasteiger charge is 2.19. The predicted molar refractivity (Wildman–Crippen MR) is 115 cm³/mol. The van der Waals surface area contributed by atoms with Crippen molar-refractivity contribution in [1.29, 1.82) is 0 Å². The van der Waals surface area contributed by atoms with Crippen LogP contribution in [-0.2, 0) is 6.54 Å². The molecular weight excluding hydrogens is 350 g/mol. The number of rotatable bonds is 5. The molecule has 1 aliphatic heterocycles. The standard InChI is InChI=1S/C22H29N5O/c1-3-24-22(25-17-18-8-7-9-19(16-18)21(28)23-2)27-14-12-26(13-15-27)20-10-5-4-6-11-20/h4-11,16H,3,12-15,17H2,1-2H3,(H,23,28)(H,24,25). The van der Waals surface area contributed by atoms with Crippen LogP contribution in [0.5, 0.6) is 0 Å². The van der Waals surface area contributed by atoms with Crippen LogP contribution in [0.15, 0.2) is 59.6 Å². The molecule has 6 nitrogen and oxygen atoms in total. The van der Waals surface area contributed by atoms with Gasteiger partial charge in [0.15, 0.2) is 5.96 Å². The second kappa shape index (κ2) is 9.78. The molecule has 1 saturated heterocycles. The smallest absolute Gasteiger partial charge is 0.251 e. The first-order valence-electron chi connectivity index (χ1n) is 9.85. The van der Waals surface area contributed by atoms with Crippen LogP contribution in [0.2, 0.25) is 0 Å². The van der Waals surface area contributed by atoms with Gasteiger partial charge in [-0.15, -0.1) is 0 Å². The van der Waals surface area contributed by atoms with Crippen molar-refractivity contribution in [3.63, 3.8) is 0 Å². The van der Waals surface area contributed by atoms with Gasteiger partial charge in [-0.25, -0.2) is 4.99 Å². The minimum Gasteiger partial charge on any atom is -0.368 e. The van der Waals surface area contributed by atoms with Gasteiger partial charge in [0.05, 0.1) is 6.54 Å². The molecule has 1 amide bonds. The van der Waals surface area contributed by atoms with E-state index in [1.807, 2.05) is 24.3 Å². The number of carbonyl (C=O) groups is 1. The maximum atomic E-state index is 11.8. The Hall–Kier alpha value is -3.02. The van der Waals surface area contributed by atoms with Crippen molar-refractivity contribution >= 4 is 17.6 Å². The summed E-state index contributed by atoms with van der Waals surface area (Å²) < 4.78 is 0. The molecule has 0 aliphatic carbocycles. The number of nitrogens with zero attached hydrogens (tertiary/aromatic N) is 3. The molecular formula is C22H29N5O. The lowest BCUT2D eigenvalue weighted by molar-refractivity contribution is 0.0963. The van der Waals surface area contributed by atoms with Crippen molar-refractivity contribution in [1.82, 2.24) is 15.5 Å². The lowest BCUT2D eigenvalue weighted by Crippen LogP contribution is -2.52. The second-order valence-corrected chi connectivity index (χ2v) is 6.76. The van der Waals surface area contributed by atoms with Gasteiger partial charge in [0, 0.05) is 51.0 Å². The van der Waals surface area contributed by atoms with E-state index in [1.54, 1.807) is 7.05 Å². The van der Waals surface area contributed by atoms with Gasteiger partial charge < -0.3 is 20.4 Å². The highest BCUT2D eigenvalue weighted by Crippen LogP contribution is 2.16. The van der Waals surface area contributed by atoms with Gasteiger partial charge in [-0.1, -0.05) is 30.3 Å². The molecule has 1 heterocycles. The molecule has 6 heteroatoms. The van der Waals surface area contributed by atoms with Crippen LogP contribution in [0.4, 0.5) is 5.69 Å². The fourth-order valence-electron chi connectivity index (χ4n) is 3.36. The van der Waals surface area contributed by atoms with Gasteiger partial charge in [0.1, 0.15) is 0 Å². The number of guanidine groups is 1. The van der Waals surface area contributed by atoms with Gasteiger partial charge in [0.25, 0.3) is 5.91 Å². The minimum atomic E-state index is -0.0743. The molecule has 0 aromatic heterocycles. The van der Waals surface area contributed by atoms with Crippen molar-refractivity contribution < 1.29 is 4.79 Å². The average Bonchev–Trinajstić information content (AvgIpc) is 2.77. The molecule has 2 aromatic rings. The van der Waals surface area contributed by atoms with E-state index in [9.17, 15) is 4.79 Å². The zero-order chi connectivity index (χ0) is 19.8. The lowest BCUT2D eigenvalue weighted by atomic mass is 10.1. The van der Waals surface area contributed by atoms with E-state index in [-0.39, 0.29) is 5.91 Å². The summed E-state index contributed by atoms with van der Waals surface area (Å²) in [5.74, 6) is 0.857. The molecule has 0 radical (unpaired) electrons. The number of hydrogen-bond donors (Lipinski definition) is 2. The normalized spacial score (nSPS) is 14.7. The Bertz CT molecular complexity index is 798. The van der Waals surface area contributed by atoms with Crippen LogP contribution in [0, 0.1) is 0 Å². The Morgan fingerprint density at radius 2 is 1.79 bits per heavy atom. The SMILES string of the molecule is CCNC(=NCc1cccc(C(=O)NC)c1)N1CCN(c2ccccc2)CC1. The average molecular weight is 380 g/mol. The first kappa shape index (κ1) is 19.7. The number of anilines is 1. The number of amides is 1. The topological polar surface area (TPSA) is 60.0 Å². The summed E-state index contributed by atoms with van der Waals surface area (Å²) in [5, 5.41) is 6.07. The summed E-state index contributed by atoms with van der Waals surface area (Å²) in [7, 11) is 1.64. The number of carbonyl (C=O) groups excluding carboxylic acids is 1. The Kier molecular flexibility index (Phi) is 6.89. The minimum absolute atomic E-state index is 0.0743. The molecule has 0 saturated carbocycles. The number of para-hydroxylation sites is 1. The van der Waals surface area contributed by atoms with Crippen LogP contribution in [0.25, 0.3) is 0 Å². The van der Waals surface area contributed by atoms with E-state index in [4.69, 9.17) is 4.99 Å². The van der Waals surface area contributed by atoms with E-state index < -0.39 is 0 Å². The summed E-state index contributed by atoms with van der Waals surface area (Å²) >= 11 is 0. The first-order valence-corrected chi connectivity index (χ1v) is 9.85. The summed E-state index contributed by atoms with van der Waals surface area (Å²) in [6.07, 6.45) is 0. The third kappa shape index (κ3) is 5.03. The van der Waals surface area contributed by atoms with Crippen LogP contribution < -0.4 is 15.5 Å². The monoisotopic (exact) mass is 379 g/mol. The van der Waals surface area contributed by atoms with E-state index in [0.717, 1.165) is 44.2 Å². The predicted octanol–water partition coefficient (Wildman–Crippen LogP) is 2.33. The second-order valence-electron chi connectivity index (χ2n) is 6.76. The quantitative estimate of drug-likeness (QED) is 0.618. The fraction of sp³-hybridized carbons (Fsp3) is 0.364. The molecule has 0 unspecified atom stereocenters. The molecule has 0 bridgehead atoms. The Morgan fingerprint density at radius 3 is 2.46 bits per heavy atom. The van der Waals surface area contributed by atoms with Gasteiger partial charge in [0.2, 0.25) is 0 Å². The van der Waals surface area contributed by atoms with Gasteiger partial charge >= 0.3 is 0 Å². The number of benzene rings is 2. The van der Waals surface area contributed by atoms with E-state index in [0.29, 0.717) is 12.1 Å². The first-order chi connectivity index (χ1) is 13.7. The van der Waals surface area contributed by atoms with E-state index in [2.05, 4.69) is 57.7 Å². The summed E-state index contributed by atoms with van der Waals surface area (Å²) in [6, 6.07) is 18.2. The largest absolute Gasteiger partial charge is 0.368 e. The molecule has 2 aromatic carbocycles. The van der Waals surface area contributed by atoms with Gasteiger partial charge in [-0.3, -0.25) is 4.79 Å². The van der Waals surface area contributed by atoms with Crippen molar-refractivity contribution in [2.24, 2.45) is 4.99 Å². The molecule has 1 fully saturated rings. The Morgan fingerprint density at radius 1 is 1.04 bits per heavy atom. The maximum absolute atomic E-state index is 11.8. The molecule has 2 N–H and O–H groups in total. The van der Waals surface area contributed by atoms with Crippen molar-refractivity contribution in [2.45, 2.75) is 13.5 Å². The van der Waals surface area contributed by atoms with Gasteiger partial charge in [-0.05, 0) is 36.8 Å². The molecule has 28 heavy (non-hydrogen) atoms. The molecule has 1 aliphatic rings. The molecule has 0 spiro atoms. The number of piperazine rings is 1. The van der Waals surface area contributed by atoms with Crippen molar-refractivity contribution in [3.05, 3.63) is 65.7 Å². The number of nitrogens with one attached hydrogen (secondary N) is 2. The Balaban J connectivity index is 1.64. The fourth-order valence-corrected chi connectivity index (χ4v) is 3.36. The van der Waals surface area contributed by atoms with Crippen LogP contribution in [0.1, 0.15) is 22.8 Å².